The summed E-state index contributed by atoms with van der Waals surface area (Å²) in [5.41, 5.74) is 0.746. The van der Waals surface area contributed by atoms with Crippen LogP contribution in [-0.4, -0.2) is 32.0 Å². The van der Waals surface area contributed by atoms with Crippen LogP contribution in [0.5, 0.6) is 11.5 Å². The van der Waals surface area contributed by atoms with Gasteiger partial charge in [-0.1, -0.05) is 12.1 Å². The number of aliphatic hydroxyl groups is 1. The van der Waals surface area contributed by atoms with Gasteiger partial charge in [-0.25, -0.2) is 0 Å². The maximum Gasteiger partial charge on any atom is 0.166 e. The molecule has 0 fully saturated rings. The number of para-hydroxylation sites is 1. The van der Waals surface area contributed by atoms with Crippen LogP contribution in [0.25, 0.3) is 0 Å². The van der Waals surface area contributed by atoms with E-state index in [1.54, 1.807) is 7.11 Å². The standard InChI is InChI=1S/C13H20O4/c1-3-16-13-11(10-14)6-4-7-12(13)17-9-5-8-15-2/h4,6-7,14H,3,5,8-10H2,1-2H3. The molecule has 0 atom stereocenters. The van der Waals surface area contributed by atoms with Crippen molar-refractivity contribution in [2.45, 2.75) is 20.0 Å². The third-order valence-corrected chi connectivity index (χ3v) is 2.27. The summed E-state index contributed by atoms with van der Waals surface area (Å²) in [4.78, 5) is 0. The van der Waals surface area contributed by atoms with Crippen LogP contribution in [0.1, 0.15) is 18.9 Å². The molecule has 0 aliphatic rings. The van der Waals surface area contributed by atoms with Crippen molar-refractivity contribution in [2.75, 3.05) is 26.9 Å². The van der Waals surface area contributed by atoms with Crippen molar-refractivity contribution in [3.05, 3.63) is 23.8 Å². The largest absolute Gasteiger partial charge is 0.490 e. The van der Waals surface area contributed by atoms with Gasteiger partial charge in [-0.3, -0.25) is 0 Å². The fraction of sp³-hybridized carbons (Fsp3) is 0.538. The Bertz CT molecular complexity index is 325. The van der Waals surface area contributed by atoms with Gasteiger partial charge in [-0.2, -0.15) is 0 Å². The molecular weight excluding hydrogens is 220 g/mol. The molecule has 4 heteroatoms. The third kappa shape index (κ3) is 4.24. The van der Waals surface area contributed by atoms with Gasteiger partial charge in [0.15, 0.2) is 11.5 Å². The van der Waals surface area contributed by atoms with E-state index in [1.165, 1.54) is 0 Å². The zero-order valence-electron chi connectivity index (χ0n) is 10.4. The van der Waals surface area contributed by atoms with Gasteiger partial charge in [0.05, 0.1) is 19.8 Å². The van der Waals surface area contributed by atoms with Gasteiger partial charge in [0.2, 0.25) is 0 Å². The molecule has 0 heterocycles. The normalized spacial score (nSPS) is 10.3. The number of ether oxygens (including phenoxy) is 3. The minimum Gasteiger partial charge on any atom is -0.490 e. The molecule has 0 unspecified atom stereocenters. The molecule has 4 nitrogen and oxygen atoms in total. The Morgan fingerprint density at radius 3 is 2.65 bits per heavy atom. The number of aliphatic hydroxyl groups excluding tert-OH is 1. The van der Waals surface area contributed by atoms with Crippen molar-refractivity contribution >= 4 is 0 Å². The highest BCUT2D eigenvalue weighted by Gasteiger charge is 2.09. The molecule has 1 rings (SSSR count). The van der Waals surface area contributed by atoms with Crippen molar-refractivity contribution in [3.63, 3.8) is 0 Å². The Kier molecular flexibility index (Phi) is 6.43. The van der Waals surface area contributed by atoms with Gasteiger partial charge in [-0.15, -0.1) is 0 Å². The first-order chi connectivity index (χ1) is 8.33. The Hall–Kier alpha value is -1.26. The summed E-state index contributed by atoms with van der Waals surface area (Å²) in [6, 6.07) is 5.52. The summed E-state index contributed by atoms with van der Waals surface area (Å²) in [7, 11) is 1.66. The highest BCUT2D eigenvalue weighted by Crippen LogP contribution is 2.31. The summed E-state index contributed by atoms with van der Waals surface area (Å²) >= 11 is 0. The van der Waals surface area contributed by atoms with E-state index in [4.69, 9.17) is 14.2 Å². The molecule has 0 aliphatic heterocycles. The van der Waals surface area contributed by atoms with Crippen LogP contribution in [0.2, 0.25) is 0 Å². The minimum atomic E-state index is -0.0510. The zero-order valence-corrected chi connectivity index (χ0v) is 10.4. The van der Waals surface area contributed by atoms with Crippen LogP contribution in [-0.2, 0) is 11.3 Å². The predicted molar refractivity (Wildman–Crippen MR) is 65.5 cm³/mol. The van der Waals surface area contributed by atoms with Gasteiger partial charge in [0.1, 0.15) is 0 Å². The molecule has 17 heavy (non-hydrogen) atoms. The molecule has 0 spiro atoms. The van der Waals surface area contributed by atoms with Crippen molar-refractivity contribution in [2.24, 2.45) is 0 Å². The second-order valence-corrected chi connectivity index (χ2v) is 3.53. The lowest BCUT2D eigenvalue weighted by Crippen LogP contribution is -2.05. The highest BCUT2D eigenvalue weighted by atomic mass is 16.5. The number of hydrogen-bond acceptors (Lipinski definition) is 4. The lowest BCUT2D eigenvalue weighted by molar-refractivity contribution is 0.169. The lowest BCUT2D eigenvalue weighted by Gasteiger charge is -2.14. The smallest absolute Gasteiger partial charge is 0.166 e. The second kappa shape index (κ2) is 7.92. The summed E-state index contributed by atoms with van der Waals surface area (Å²) in [5.74, 6) is 1.31. The van der Waals surface area contributed by atoms with Crippen LogP contribution in [0.15, 0.2) is 18.2 Å². The van der Waals surface area contributed by atoms with Gasteiger partial charge in [-0.05, 0) is 13.0 Å². The van der Waals surface area contributed by atoms with E-state index in [9.17, 15) is 5.11 Å². The van der Waals surface area contributed by atoms with E-state index in [0.29, 0.717) is 31.3 Å². The SMILES string of the molecule is CCOc1c(CO)cccc1OCCCOC. The summed E-state index contributed by atoms with van der Waals surface area (Å²) in [5, 5.41) is 9.22. The molecule has 0 amide bonds. The molecule has 0 saturated heterocycles. The first-order valence-corrected chi connectivity index (χ1v) is 5.80. The first-order valence-electron chi connectivity index (χ1n) is 5.80. The molecule has 0 aliphatic carbocycles. The van der Waals surface area contributed by atoms with Gasteiger partial charge in [0.25, 0.3) is 0 Å². The maximum atomic E-state index is 9.22. The van der Waals surface area contributed by atoms with Crippen LogP contribution < -0.4 is 9.47 Å². The van der Waals surface area contributed by atoms with Crippen molar-refractivity contribution in [3.8, 4) is 11.5 Å². The van der Waals surface area contributed by atoms with E-state index in [-0.39, 0.29) is 6.61 Å². The molecule has 0 aromatic heterocycles. The maximum absolute atomic E-state index is 9.22. The van der Waals surface area contributed by atoms with Crippen LogP contribution in [0.3, 0.4) is 0 Å². The Morgan fingerprint density at radius 1 is 1.18 bits per heavy atom. The molecule has 1 aromatic rings. The Balaban J connectivity index is 2.68. The third-order valence-electron chi connectivity index (χ3n) is 2.27. The van der Waals surface area contributed by atoms with Crippen LogP contribution in [0.4, 0.5) is 0 Å². The number of hydrogen-bond donors (Lipinski definition) is 1. The second-order valence-electron chi connectivity index (χ2n) is 3.53. The monoisotopic (exact) mass is 240 g/mol. The van der Waals surface area contributed by atoms with Crippen molar-refractivity contribution in [1.29, 1.82) is 0 Å². The van der Waals surface area contributed by atoms with E-state index in [1.807, 2.05) is 25.1 Å². The lowest BCUT2D eigenvalue weighted by atomic mass is 10.2. The Labute approximate surface area is 102 Å². The fourth-order valence-electron chi connectivity index (χ4n) is 1.49. The topological polar surface area (TPSA) is 47.9 Å². The first kappa shape index (κ1) is 13.8. The number of methoxy groups -OCH3 is 1. The Morgan fingerprint density at radius 2 is 2.00 bits per heavy atom. The zero-order chi connectivity index (χ0) is 12.5. The van der Waals surface area contributed by atoms with Crippen molar-refractivity contribution < 1.29 is 19.3 Å². The van der Waals surface area contributed by atoms with Gasteiger partial charge in [0, 0.05) is 25.7 Å². The molecule has 1 N–H and O–H groups in total. The van der Waals surface area contributed by atoms with Crippen LogP contribution in [0, 0.1) is 0 Å². The highest BCUT2D eigenvalue weighted by molar-refractivity contribution is 5.46. The van der Waals surface area contributed by atoms with Crippen molar-refractivity contribution in [1.82, 2.24) is 0 Å². The van der Waals surface area contributed by atoms with E-state index in [2.05, 4.69) is 0 Å². The molecule has 96 valence electrons. The van der Waals surface area contributed by atoms with Gasteiger partial charge >= 0.3 is 0 Å². The molecule has 0 bridgehead atoms. The summed E-state index contributed by atoms with van der Waals surface area (Å²) < 4.78 is 16.1. The van der Waals surface area contributed by atoms with Crippen LogP contribution >= 0.6 is 0 Å². The average molecular weight is 240 g/mol. The van der Waals surface area contributed by atoms with E-state index in [0.717, 1.165) is 12.0 Å². The summed E-state index contributed by atoms with van der Waals surface area (Å²) in [6.07, 6.45) is 0.825. The van der Waals surface area contributed by atoms with E-state index >= 15 is 0 Å². The summed E-state index contributed by atoms with van der Waals surface area (Å²) in [6.45, 7) is 3.64. The predicted octanol–water partition coefficient (Wildman–Crippen LogP) is 1.99. The number of rotatable bonds is 8. The average Bonchev–Trinajstić information content (AvgIpc) is 2.36. The minimum absolute atomic E-state index is 0.0510. The fourth-order valence-corrected chi connectivity index (χ4v) is 1.49. The van der Waals surface area contributed by atoms with E-state index < -0.39 is 0 Å². The molecule has 0 saturated carbocycles. The molecular formula is C13H20O4. The quantitative estimate of drug-likeness (QED) is 0.706. The van der Waals surface area contributed by atoms with Gasteiger partial charge < -0.3 is 19.3 Å². The number of benzene rings is 1. The molecule has 1 aromatic carbocycles. The molecule has 0 radical (unpaired) electrons.